The second kappa shape index (κ2) is 5.89. The monoisotopic (exact) mass is 368 g/mol. The Morgan fingerprint density at radius 3 is 2.85 bits per heavy atom. The Labute approximate surface area is 155 Å². The summed E-state index contributed by atoms with van der Waals surface area (Å²) in [7, 11) is 0. The van der Waals surface area contributed by atoms with Crippen LogP contribution in [0, 0.1) is 0 Å². The maximum atomic E-state index is 12.8. The van der Waals surface area contributed by atoms with Gasteiger partial charge in [-0.2, -0.15) is 0 Å². The number of carbonyl (C=O) groups is 1. The highest BCUT2D eigenvalue weighted by molar-refractivity contribution is 7.07. The van der Waals surface area contributed by atoms with Crippen LogP contribution in [0.25, 0.3) is 10.9 Å². The maximum Gasteiger partial charge on any atom is 0.273 e. The van der Waals surface area contributed by atoms with Crippen LogP contribution in [-0.4, -0.2) is 48.1 Å². The number of hydrogen-bond donors (Lipinski definition) is 1. The van der Waals surface area contributed by atoms with E-state index in [2.05, 4.69) is 20.6 Å². The molecule has 1 unspecified atom stereocenters. The molecule has 0 saturated carbocycles. The van der Waals surface area contributed by atoms with Gasteiger partial charge in [0.05, 0.1) is 29.4 Å². The smallest absolute Gasteiger partial charge is 0.273 e. The number of thiazole rings is 1. The molecule has 0 aliphatic carbocycles. The Balaban J connectivity index is 1.39. The van der Waals surface area contributed by atoms with Gasteiger partial charge >= 0.3 is 0 Å². The molecule has 3 aromatic heterocycles. The van der Waals surface area contributed by atoms with Crippen LogP contribution in [0.2, 0.25) is 0 Å². The first-order valence-electron chi connectivity index (χ1n) is 8.95. The summed E-state index contributed by atoms with van der Waals surface area (Å²) >= 11 is 1.44. The topological polar surface area (TPSA) is 71.2 Å². The third-order valence-corrected chi connectivity index (χ3v) is 6.36. The molecule has 26 heavy (non-hydrogen) atoms. The van der Waals surface area contributed by atoms with Crippen LogP contribution in [-0.2, 0) is 6.54 Å². The molecule has 2 bridgehead atoms. The van der Waals surface area contributed by atoms with E-state index in [1.807, 2.05) is 28.7 Å². The van der Waals surface area contributed by atoms with Gasteiger partial charge < -0.3 is 14.6 Å². The van der Waals surface area contributed by atoms with Crippen LogP contribution in [0.4, 0.5) is 0 Å². The van der Waals surface area contributed by atoms with E-state index in [9.17, 15) is 9.90 Å². The zero-order valence-electron chi connectivity index (χ0n) is 14.3. The summed E-state index contributed by atoms with van der Waals surface area (Å²) in [5, 5.41) is 14.3. The molecule has 2 saturated heterocycles. The molecule has 3 atom stereocenters. The third kappa shape index (κ3) is 2.54. The van der Waals surface area contributed by atoms with E-state index in [-0.39, 0.29) is 18.0 Å². The Bertz CT molecular complexity index is 938. The normalized spacial score (nSPS) is 28.0. The fourth-order valence-corrected chi connectivity index (χ4v) is 5.24. The first kappa shape index (κ1) is 16.0. The molecule has 6 nitrogen and oxygen atoms in total. The summed E-state index contributed by atoms with van der Waals surface area (Å²) in [5.74, 6) is 0.0106. The summed E-state index contributed by atoms with van der Waals surface area (Å²) in [6, 6.07) is 4.21. The Morgan fingerprint density at radius 2 is 2.12 bits per heavy atom. The second-order valence-electron chi connectivity index (χ2n) is 7.48. The Hall–Kier alpha value is -2.25. The number of hydrogen-bond acceptors (Lipinski definition) is 5. The number of aliphatic hydroxyl groups is 1. The van der Waals surface area contributed by atoms with E-state index >= 15 is 0 Å². The quantitative estimate of drug-likeness (QED) is 0.772. The molecule has 2 fully saturated rings. The minimum atomic E-state index is -0.799. The van der Waals surface area contributed by atoms with Gasteiger partial charge in [-0.15, -0.1) is 11.3 Å². The standard InChI is InChI=1S/C19H20N4O2S/c24-18(16-10-26-12-21-16)23-14-1-2-15(23)8-19(25,7-14)11-22-6-4-13-3-5-20-9-17(13)22/h3-6,9-10,12,14-15,25H,1-2,7-8,11H2/t14-,15+,19?. The fourth-order valence-electron chi connectivity index (χ4n) is 4.72. The van der Waals surface area contributed by atoms with Crippen molar-refractivity contribution in [3.8, 4) is 0 Å². The number of piperidine rings is 1. The van der Waals surface area contributed by atoms with E-state index < -0.39 is 5.60 Å². The number of carbonyl (C=O) groups excluding carboxylic acids is 1. The van der Waals surface area contributed by atoms with Gasteiger partial charge in [0, 0.05) is 35.2 Å². The van der Waals surface area contributed by atoms with Crippen molar-refractivity contribution in [2.75, 3.05) is 0 Å². The van der Waals surface area contributed by atoms with Gasteiger partial charge in [0.25, 0.3) is 5.91 Å². The zero-order valence-corrected chi connectivity index (χ0v) is 15.1. The molecule has 134 valence electrons. The largest absolute Gasteiger partial charge is 0.388 e. The maximum absolute atomic E-state index is 12.8. The van der Waals surface area contributed by atoms with Crippen molar-refractivity contribution in [3.05, 3.63) is 47.3 Å². The summed E-state index contributed by atoms with van der Waals surface area (Å²) in [4.78, 5) is 23.1. The van der Waals surface area contributed by atoms with Gasteiger partial charge in [0.1, 0.15) is 5.69 Å². The van der Waals surface area contributed by atoms with Crippen LogP contribution in [0.3, 0.4) is 0 Å². The lowest BCUT2D eigenvalue weighted by Crippen LogP contribution is -2.54. The lowest BCUT2D eigenvalue weighted by molar-refractivity contribution is -0.0534. The van der Waals surface area contributed by atoms with Gasteiger partial charge in [-0.25, -0.2) is 4.98 Å². The van der Waals surface area contributed by atoms with E-state index in [1.54, 1.807) is 11.7 Å². The SMILES string of the molecule is O=C(c1cscn1)N1[C@@H]2CC[C@H]1CC(O)(Cn1ccc3ccncc31)C2. The van der Waals surface area contributed by atoms with Crippen molar-refractivity contribution in [2.24, 2.45) is 0 Å². The third-order valence-electron chi connectivity index (χ3n) is 5.78. The number of fused-ring (bicyclic) bond motifs is 3. The average Bonchev–Trinajstić information content (AvgIpc) is 3.35. The number of amides is 1. The molecule has 1 N–H and O–H groups in total. The molecule has 2 aliphatic rings. The number of aromatic nitrogens is 3. The van der Waals surface area contributed by atoms with Crippen LogP contribution in [0.15, 0.2) is 41.6 Å². The lowest BCUT2D eigenvalue weighted by Gasteiger charge is -2.43. The van der Waals surface area contributed by atoms with Crippen LogP contribution >= 0.6 is 11.3 Å². The van der Waals surface area contributed by atoms with Crippen LogP contribution < -0.4 is 0 Å². The molecular formula is C19H20N4O2S. The predicted molar refractivity (Wildman–Crippen MR) is 99.0 cm³/mol. The molecule has 0 spiro atoms. The highest BCUT2D eigenvalue weighted by Gasteiger charge is 2.49. The summed E-state index contributed by atoms with van der Waals surface area (Å²) in [5.41, 5.74) is 2.46. The van der Waals surface area contributed by atoms with Gasteiger partial charge in [0.2, 0.25) is 0 Å². The minimum Gasteiger partial charge on any atom is -0.388 e. The van der Waals surface area contributed by atoms with E-state index in [4.69, 9.17) is 0 Å². The molecule has 7 heteroatoms. The van der Waals surface area contributed by atoms with Gasteiger partial charge in [-0.1, -0.05) is 0 Å². The van der Waals surface area contributed by atoms with Gasteiger partial charge in [-0.3, -0.25) is 9.78 Å². The second-order valence-corrected chi connectivity index (χ2v) is 8.20. The van der Waals surface area contributed by atoms with Crippen molar-refractivity contribution in [2.45, 2.75) is 49.9 Å². The van der Waals surface area contributed by atoms with Crippen LogP contribution in [0.5, 0.6) is 0 Å². The summed E-state index contributed by atoms with van der Waals surface area (Å²) < 4.78 is 2.08. The lowest BCUT2D eigenvalue weighted by atomic mass is 9.85. The van der Waals surface area contributed by atoms with Crippen molar-refractivity contribution >= 4 is 28.1 Å². The molecule has 5 heterocycles. The van der Waals surface area contributed by atoms with Gasteiger partial charge in [0.15, 0.2) is 0 Å². The highest BCUT2D eigenvalue weighted by atomic mass is 32.1. The molecule has 0 radical (unpaired) electrons. The number of pyridine rings is 1. The van der Waals surface area contributed by atoms with E-state index in [0.29, 0.717) is 25.1 Å². The number of rotatable bonds is 3. The number of nitrogens with zero attached hydrogens (tertiary/aromatic N) is 4. The summed E-state index contributed by atoms with van der Waals surface area (Å²) in [6.45, 7) is 0.536. The van der Waals surface area contributed by atoms with Gasteiger partial charge in [-0.05, 0) is 37.8 Å². The van der Waals surface area contributed by atoms with E-state index in [1.165, 1.54) is 11.3 Å². The average molecular weight is 368 g/mol. The van der Waals surface area contributed by atoms with Crippen molar-refractivity contribution in [1.29, 1.82) is 0 Å². The van der Waals surface area contributed by atoms with E-state index in [0.717, 1.165) is 23.7 Å². The fraction of sp³-hybridized carbons (Fsp3) is 0.421. The van der Waals surface area contributed by atoms with Crippen LogP contribution in [0.1, 0.15) is 36.2 Å². The zero-order chi connectivity index (χ0) is 17.7. The molecular weight excluding hydrogens is 348 g/mol. The predicted octanol–water partition coefficient (Wildman–Crippen LogP) is 2.69. The molecule has 5 rings (SSSR count). The van der Waals surface area contributed by atoms with Crippen molar-refractivity contribution in [1.82, 2.24) is 19.4 Å². The molecule has 0 aromatic carbocycles. The Kier molecular flexibility index (Phi) is 3.62. The molecule has 1 amide bonds. The van der Waals surface area contributed by atoms with Crippen molar-refractivity contribution in [3.63, 3.8) is 0 Å². The molecule has 3 aromatic rings. The first-order valence-corrected chi connectivity index (χ1v) is 9.89. The van der Waals surface area contributed by atoms with Crippen molar-refractivity contribution < 1.29 is 9.90 Å². The minimum absolute atomic E-state index is 0.0106. The molecule has 2 aliphatic heterocycles. The summed E-state index contributed by atoms with van der Waals surface area (Å²) in [6.07, 6.45) is 8.77. The highest BCUT2D eigenvalue weighted by Crippen LogP contribution is 2.42. The first-order chi connectivity index (χ1) is 12.6. The Morgan fingerprint density at radius 1 is 1.31 bits per heavy atom.